The van der Waals surface area contributed by atoms with Crippen LogP contribution in [-0.4, -0.2) is 19.3 Å². The molecule has 1 amide bonds. The Morgan fingerprint density at radius 2 is 1.92 bits per heavy atom. The number of thiazole rings is 1. The Morgan fingerprint density at radius 3 is 2.42 bits per heavy atom. The summed E-state index contributed by atoms with van der Waals surface area (Å²) in [5.41, 5.74) is 0.738. The van der Waals surface area contributed by atoms with E-state index in [0.29, 0.717) is 5.13 Å². The first kappa shape index (κ1) is 17.1. The number of carbonyl (C=O) groups is 1. The van der Waals surface area contributed by atoms with Gasteiger partial charge in [0.1, 0.15) is 0 Å². The molecule has 3 N–H and O–H groups in total. The molecule has 1 saturated carbocycles. The minimum Gasteiger partial charge on any atom is -0.302 e. The van der Waals surface area contributed by atoms with Crippen LogP contribution >= 0.6 is 11.3 Å². The molecule has 1 heterocycles. The van der Waals surface area contributed by atoms with Gasteiger partial charge in [-0.15, -0.1) is 11.3 Å². The van der Waals surface area contributed by atoms with Crippen LogP contribution in [0.3, 0.4) is 0 Å². The molecule has 24 heavy (non-hydrogen) atoms. The molecular weight excluding hydrogens is 346 g/mol. The summed E-state index contributed by atoms with van der Waals surface area (Å²) in [5, 5.41) is 8.59. The number of nitrogens with zero attached hydrogens (tertiary/aromatic N) is 1. The molecule has 0 spiro atoms. The Morgan fingerprint density at radius 1 is 1.29 bits per heavy atom. The maximum atomic E-state index is 12.5. The monoisotopic (exact) mass is 365 g/mol. The number of amides is 1. The Balaban J connectivity index is 1.78. The average molecular weight is 365 g/mol. The van der Waals surface area contributed by atoms with Gasteiger partial charge in [0, 0.05) is 17.0 Å². The van der Waals surface area contributed by atoms with Crippen molar-refractivity contribution in [2.45, 2.75) is 31.6 Å². The summed E-state index contributed by atoms with van der Waals surface area (Å²) in [6, 6.07) is 6.43. The first-order valence-corrected chi connectivity index (χ1v) is 9.83. The van der Waals surface area contributed by atoms with Gasteiger partial charge in [-0.25, -0.2) is 18.5 Å². The molecule has 0 unspecified atom stereocenters. The van der Waals surface area contributed by atoms with Crippen LogP contribution < -0.4 is 10.5 Å². The molecule has 128 valence electrons. The molecule has 2 atom stereocenters. The van der Waals surface area contributed by atoms with Crippen molar-refractivity contribution in [3.05, 3.63) is 40.9 Å². The number of primary sulfonamides is 1. The minimum atomic E-state index is -3.71. The number of nitrogens with two attached hydrogens (primary N) is 1. The van der Waals surface area contributed by atoms with Crippen molar-refractivity contribution in [3.8, 4) is 0 Å². The first-order valence-electron chi connectivity index (χ1n) is 7.47. The lowest BCUT2D eigenvalue weighted by atomic mass is 10.0. The van der Waals surface area contributed by atoms with Gasteiger partial charge in [-0.05, 0) is 30.0 Å². The maximum absolute atomic E-state index is 12.5. The molecule has 0 bridgehead atoms. The SMILES string of the molecule is Cc1cnc(NC(=O)[C@@H]2[C@@H](c3ccc(S(N)(=O)=O)cc3)C2(C)C)s1. The van der Waals surface area contributed by atoms with Crippen LogP contribution in [0.1, 0.15) is 30.2 Å². The van der Waals surface area contributed by atoms with E-state index in [4.69, 9.17) is 5.14 Å². The Hall–Kier alpha value is -1.77. The number of rotatable bonds is 4. The fraction of sp³-hybridized carbons (Fsp3) is 0.375. The zero-order chi connectivity index (χ0) is 17.7. The largest absolute Gasteiger partial charge is 0.302 e. The summed E-state index contributed by atoms with van der Waals surface area (Å²) in [6.07, 6.45) is 1.72. The van der Waals surface area contributed by atoms with E-state index in [9.17, 15) is 13.2 Å². The number of aromatic nitrogens is 1. The molecule has 1 aliphatic rings. The number of carbonyl (C=O) groups excluding carboxylic acids is 1. The summed E-state index contributed by atoms with van der Waals surface area (Å²) in [7, 11) is -3.71. The zero-order valence-corrected chi connectivity index (χ0v) is 15.2. The van der Waals surface area contributed by atoms with Crippen LogP contribution in [0.25, 0.3) is 0 Å². The van der Waals surface area contributed by atoms with Crippen molar-refractivity contribution in [1.82, 2.24) is 4.98 Å². The van der Waals surface area contributed by atoms with Gasteiger partial charge in [0.05, 0.1) is 10.8 Å². The van der Waals surface area contributed by atoms with Crippen LogP contribution in [0.15, 0.2) is 35.4 Å². The number of anilines is 1. The summed E-state index contributed by atoms with van der Waals surface area (Å²) >= 11 is 1.44. The number of nitrogens with one attached hydrogen (secondary N) is 1. The molecule has 8 heteroatoms. The highest BCUT2D eigenvalue weighted by atomic mass is 32.2. The number of hydrogen-bond acceptors (Lipinski definition) is 5. The Kier molecular flexibility index (Phi) is 4.01. The summed E-state index contributed by atoms with van der Waals surface area (Å²) < 4.78 is 22.7. The molecule has 0 aliphatic heterocycles. The van der Waals surface area contributed by atoms with Crippen LogP contribution in [0.5, 0.6) is 0 Å². The zero-order valence-electron chi connectivity index (χ0n) is 13.6. The molecule has 1 aromatic heterocycles. The third-order valence-corrected chi connectivity index (χ3v) is 6.29. The van der Waals surface area contributed by atoms with Crippen molar-refractivity contribution in [2.75, 3.05) is 5.32 Å². The van der Waals surface area contributed by atoms with E-state index in [1.807, 2.05) is 20.8 Å². The third kappa shape index (κ3) is 3.09. The van der Waals surface area contributed by atoms with Gasteiger partial charge < -0.3 is 5.32 Å². The van der Waals surface area contributed by atoms with E-state index in [1.165, 1.54) is 23.5 Å². The molecule has 0 radical (unpaired) electrons. The van der Waals surface area contributed by atoms with Crippen LogP contribution in [-0.2, 0) is 14.8 Å². The standard InChI is InChI=1S/C16H19N3O3S2/c1-9-8-18-15(23-9)19-14(20)13-12(16(13,2)3)10-4-6-11(7-5-10)24(17,21)22/h4-8,12-13H,1-3H3,(H2,17,21,22)(H,18,19,20)/t12-,13+/m1/s1. The van der Waals surface area contributed by atoms with Crippen molar-refractivity contribution in [2.24, 2.45) is 16.5 Å². The number of aryl methyl sites for hydroxylation is 1. The molecular formula is C16H19N3O3S2. The second kappa shape index (κ2) is 5.65. The molecule has 2 aromatic rings. The lowest BCUT2D eigenvalue weighted by Gasteiger charge is -2.04. The van der Waals surface area contributed by atoms with Gasteiger partial charge >= 0.3 is 0 Å². The minimum absolute atomic E-state index is 0.0353. The Bertz CT molecular complexity index is 886. The van der Waals surface area contributed by atoms with Gasteiger partial charge in [-0.3, -0.25) is 4.79 Å². The highest BCUT2D eigenvalue weighted by molar-refractivity contribution is 7.89. The van der Waals surface area contributed by atoms with Gasteiger partial charge in [-0.1, -0.05) is 26.0 Å². The molecule has 1 aromatic carbocycles. The van der Waals surface area contributed by atoms with Crippen LogP contribution in [0.4, 0.5) is 5.13 Å². The van der Waals surface area contributed by atoms with Gasteiger partial charge in [0.15, 0.2) is 5.13 Å². The lowest BCUT2D eigenvalue weighted by molar-refractivity contribution is -0.118. The number of hydrogen-bond donors (Lipinski definition) is 2. The van der Waals surface area contributed by atoms with Crippen molar-refractivity contribution in [3.63, 3.8) is 0 Å². The quantitative estimate of drug-likeness (QED) is 0.869. The predicted octanol–water partition coefficient (Wildman–Crippen LogP) is 2.48. The molecule has 1 aliphatic carbocycles. The van der Waals surface area contributed by atoms with Crippen molar-refractivity contribution >= 4 is 32.4 Å². The third-order valence-electron chi connectivity index (χ3n) is 4.53. The molecule has 0 saturated heterocycles. The van der Waals surface area contributed by atoms with Crippen LogP contribution in [0.2, 0.25) is 0 Å². The van der Waals surface area contributed by atoms with Gasteiger partial charge in [0.2, 0.25) is 15.9 Å². The van der Waals surface area contributed by atoms with Crippen molar-refractivity contribution in [1.29, 1.82) is 0 Å². The first-order chi connectivity index (χ1) is 11.1. The van der Waals surface area contributed by atoms with Crippen LogP contribution in [0, 0.1) is 18.3 Å². The van der Waals surface area contributed by atoms with Gasteiger partial charge in [0.25, 0.3) is 0 Å². The van der Waals surface area contributed by atoms with Crippen molar-refractivity contribution < 1.29 is 13.2 Å². The number of benzene rings is 1. The van der Waals surface area contributed by atoms with Gasteiger partial charge in [-0.2, -0.15) is 0 Å². The summed E-state index contributed by atoms with van der Waals surface area (Å²) in [4.78, 5) is 17.8. The average Bonchev–Trinajstić information content (AvgIpc) is 2.82. The van der Waals surface area contributed by atoms with E-state index in [0.717, 1.165) is 10.4 Å². The smallest absolute Gasteiger partial charge is 0.238 e. The highest BCUT2D eigenvalue weighted by Crippen LogP contribution is 2.64. The maximum Gasteiger partial charge on any atom is 0.238 e. The molecule has 3 rings (SSSR count). The summed E-state index contributed by atoms with van der Waals surface area (Å²) in [5.74, 6) is -0.204. The second-order valence-electron chi connectivity index (χ2n) is 6.66. The topological polar surface area (TPSA) is 102 Å². The predicted molar refractivity (Wildman–Crippen MR) is 93.3 cm³/mol. The molecule has 6 nitrogen and oxygen atoms in total. The fourth-order valence-electron chi connectivity index (χ4n) is 3.21. The van der Waals surface area contributed by atoms with E-state index in [2.05, 4.69) is 10.3 Å². The Labute approximate surface area is 145 Å². The van der Waals surface area contributed by atoms with E-state index >= 15 is 0 Å². The summed E-state index contributed by atoms with van der Waals surface area (Å²) in [6.45, 7) is 6.00. The van der Waals surface area contributed by atoms with E-state index in [1.54, 1.807) is 18.3 Å². The normalized spacial score (nSPS) is 22.2. The van der Waals surface area contributed by atoms with E-state index < -0.39 is 10.0 Å². The molecule has 1 fully saturated rings. The second-order valence-corrected chi connectivity index (χ2v) is 9.45. The number of sulfonamides is 1. The van der Waals surface area contributed by atoms with E-state index in [-0.39, 0.29) is 28.1 Å². The lowest BCUT2D eigenvalue weighted by Crippen LogP contribution is -2.16. The fourth-order valence-corrected chi connectivity index (χ4v) is 4.39. The highest BCUT2D eigenvalue weighted by Gasteiger charge is 2.62.